The van der Waals surface area contributed by atoms with Crippen LogP contribution in [0.1, 0.15) is 5.56 Å². The lowest BCUT2D eigenvalue weighted by Crippen LogP contribution is -2.29. The van der Waals surface area contributed by atoms with Crippen molar-refractivity contribution in [3.8, 4) is 11.4 Å². The molecule has 0 saturated carbocycles. The second-order valence-electron chi connectivity index (χ2n) is 7.72. The zero-order valence-electron chi connectivity index (χ0n) is 17.6. The summed E-state index contributed by atoms with van der Waals surface area (Å²) >= 11 is 0. The Balaban J connectivity index is 1.91. The Morgan fingerprint density at radius 3 is 2.42 bits per heavy atom. The van der Waals surface area contributed by atoms with Gasteiger partial charge in [0.05, 0.1) is 17.0 Å². The van der Waals surface area contributed by atoms with Crippen LogP contribution >= 0.6 is 0 Å². The predicted octanol–water partition coefficient (Wildman–Crippen LogP) is 3.87. The van der Waals surface area contributed by atoms with Crippen molar-refractivity contribution < 1.29 is 4.92 Å². The number of para-hydroxylation sites is 1. The molecule has 0 spiro atoms. The molecule has 2 aromatic heterocycles. The number of benzene rings is 3. The monoisotopic (exact) mass is 438 g/mol. The van der Waals surface area contributed by atoms with Gasteiger partial charge >= 0.3 is 0 Å². The molecule has 8 heteroatoms. The first kappa shape index (κ1) is 20.3. The third-order valence-corrected chi connectivity index (χ3v) is 5.70. The topological polar surface area (TPSA) is 100 Å². The summed E-state index contributed by atoms with van der Waals surface area (Å²) < 4.78 is 3.12. The molecule has 0 N–H and O–H groups in total. The molecule has 0 aliphatic rings. The highest BCUT2D eigenvalue weighted by Crippen LogP contribution is 2.24. The molecule has 3 aromatic carbocycles. The van der Waals surface area contributed by atoms with Gasteiger partial charge in [0.15, 0.2) is 5.65 Å². The molecule has 0 atom stereocenters. The second kappa shape index (κ2) is 7.83. The molecular weight excluding hydrogens is 420 g/mol. The van der Waals surface area contributed by atoms with Crippen molar-refractivity contribution in [2.45, 2.75) is 6.54 Å². The Morgan fingerprint density at radius 1 is 0.939 bits per heavy atom. The van der Waals surface area contributed by atoms with E-state index < -0.39 is 10.5 Å². The van der Waals surface area contributed by atoms with Crippen molar-refractivity contribution in [1.29, 1.82) is 0 Å². The van der Waals surface area contributed by atoms with Crippen LogP contribution in [0.5, 0.6) is 0 Å². The molecule has 0 aliphatic carbocycles. The summed E-state index contributed by atoms with van der Waals surface area (Å²) in [7, 11) is 1.75. The van der Waals surface area contributed by atoms with Crippen LogP contribution in [0.4, 0.5) is 5.69 Å². The summed E-state index contributed by atoms with van der Waals surface area (Å²) in [5.41, 5.74) is 1.15. The second-order valence-corrected chi connectivity index (χ2v) is 7.72. The Labute approximate surface area is 187 Å². The Hall–Kier alpha value is -4.59. The van der Waals surface area contributed by atoms with E-state index in [4.69, 9.17) is 4.98 Å². The molecule has 0 radical (unpaired) electrons. The van der Waals surface area contributed by atoms with Crippen LogP contribution < -0.4 is 11.0 Å². The van der Waals surface area contributed by atoms with Gasteiger partial charge in [0.1, 0.15) is 11.2 Å². The number of non-ortho nitro benzene ring substituents is 1. The van der Waals surface area contributed by atoms with E-state index in [2.05, 4.69) is 0 Å². The summed E-state index contributed by atoms with van der Waals surface area (Å²) in [6, 6.07) is 22.3. The lowest BCUT2D eigenvalue weighted by Gasteiger charge is -2.16. The molecule has 162 valence electrons. The van der Waals surface area contributed by atoms with Gasteiger partial charge < -0.3 is 4.57 Å². The van der Waals surface area contributed by atoms with Gasteiger partial charge in [-0.25, -0.2) is 4.98 Å². The van der Waals surface area contributed by atoms with E-state index in [0.29, 0.717) is 16.5 Å². The highest BCUT2D eigenvalue weighted by molar-refractivity contribution is 5.92. The quantitative estimate of drug-likeness (QED) is 0.241. The summed E-state index contributed by atoms with van der Waals surface area (Å²) in [6.07, 6.45) is 0. The number of pyridine rings is 1. The largest absolute Gasteiger partial charge is 0.328 e. The molecule has 0 fully saturated rings. The van der Waals surface area contributed by atoms with Crippen molar-refractivity contribution in [2.24, 2.45) is 7.05 Å². The Kier molecular flexibility index (Phi) is 4.82. The lowest BCUT2D eigenvalue weighted by atomic mass is 10.1. The maximum atomic E-state index is 13.7. The molecule has 8 nitrogen and oxygen atoms in total. The van der Waals surface area contributed by atoms with E-state index in [1.54, 1.807) is 41.9 Å². The van der Waals surface area contributed by atoms with Crippen molar-refractivity contribution in [2.75, 3.05) is 0 Å². The molecule has 5 rings (SSSR count). The first-order valence-corrected chi connectivity index (χ1v) is 10.3. The number of nitrogens with zero attached hydrogens (tertiary/aromatic N) is 4. The van der Waals surface area contributed by atoms with Crippen LogP contribution in [0.2, 0.25) is 0 Å². The fourth-order valence-electron chi connectivity index (χ4n) is 4.08. The van der Waals surface area contributed by atoms with Gasteiger partial charge in [-0.1, -0.05) is 54.6 Å². The van der Waals surface area contributed by atoms with E-state index in [9.17, 15) is 19.7 Å². The summed E-state index contributed by atoms with van der Waals surface area (Å²) in [5.74, 6) is 0.255. The maximum Gasteiger partial charge on any atom is 0.270 e. The zero-order valence-corrected chi connectivity index (χ0v) is 17.6. The normalized spacial score (nSPS) is 11.2. The summed E-state index contributed by atoms with van der Waals surface area (Å²) in [4.78, 5) is 42.6. The van der Waals surface area contributed by atoms with E-state index in [1.165, 1.54) is 16.7 Å². The average Bonchev–Trinajstić information content (AvgIpc) is 2.84. The van der Waals surface area contributed by atoms with Gasteiger partial charge in [-0.05, 0) is 17.7 Å². The van der Waals surface area contributed by atoms with E-state index in [-0.39, 0.29) is 34.5 Å². The van der Waals surface area contributed by atoms with Crippen LogP contribution in [-0.2, 0) is 13.6 Å². The number of nitro benzene ring substituents is 1. The molecule has 33 heavy (non-hydrogen) atoms. The third-order valence-electron chi connectivity index (χ3n) is 5.70. The molecule has 0 saturated heterocycles. The lowest BCUT2D eigenvalue weighted by molar-refractivity contribution is -0.384. The van der Waals surface area contributed by atoms with Crippen LogP contribution in [0.3, 0.4) is 0 Å². The minimum atomic E-state index is -0.493. The van der Waals surface area contributed by atoms with Crippen LogP contribution in [0.15, 0.2) is 88.5 Å². The number of hydrogen-bond acceptors (Lipinski definition) is 5. The van der Waals surface area contributed by atoms with Crippen LogP contribution in [-0.4, -0.2) is 19.0 Å². The SMILES string of the molecule is Cn1c2ccccc2c(=O)c2c(=O)n(Cc3ccccc3)c(-c3cccc([N+](=O)[O-])c3)nc21. The summed E-state index contributed by atoms with van der Waals surface area (Å²) in [5, 5.41) is 11.8. The van der Waals surface area contributed by atoms with Crippen molar-refractivity contribution >= 4 is 27.6 Å². The Morgan fingerprint density at radius 2 is 1.67 bits per heavy atom. The smallest absolute Gasteiger partial charge is 0.270 e. The first-order valence-electron chi connectivity index (χ1n) is 10.3. The minimum Gasteiger partial charge on any atom is -0.328 e. The highest BCUT2D eigenvalue weighted by Gasteiger charge is 2.20. The fraction of sp³-hybridized carbons (Fsp3) is 0.0800. The molecule has 2 heterocycles. The maximum absolute atomic E-state index is 13.7. The Bertz CT molecular complexity index is 1670. The highest BCUT2D eigenvalue weighted by atomic mass is 16.6. The van der Waals surface area contributed by atoms with E-state index >= 15 is 0 Å². The van der Waals surface area contributed by atoms with Crippen molar-refractivity contribution in [1.82, 2.24) is 14.1 Å². The van der Waals surface area contributed by atoms with E-state index in [0.717, 1.165) is 5.56 Å². The van der Waals surface area contributed by atoms with E-state index in [1.807, 2.05) is 36.4 Å². The molecule has 0 unspecified atom stereocenters. The average molecular weight is 438 g/mol. The predicted molar refractivity (Wildman–Crippen MR) is 126 cm³/mol. The molecule has 0 amide bonds. The van der Waals surface area contributed by atoms with Crippen molar-refractivity contribution in [3.63, 3.8) is 0 Å². The van der Waals surface area contributed by atoms with Gasteiger partial charge in [0, 0.05) is 30.1 Å². The van der Waals surface area contributed by atoms with Gasteiger partial charge in [0.2, 0.25) is 5.43 Å². The van der Waals surface area contributed by atoms with Gasteiger partial charge in [-0.15, -0.1) is 0 Å². The zero-order chi connectivity index (χ0) is 23.1. The standard InChI is InChI=1S/C25H18N4O4/c1-27-20-13-6-5-12-19(20)22(30)21-24(27)26-23(17-10-7-11-18(14-17)29(32)33)28(25(21)31)15-16-8-3-2-4-9-16/h2-14H,15H2,1H3. The molecule has 5 aromatic rings. The van der Waals surface area contributed by atoms with Crippen LogP contribution in [0, 0.1) is 10.1 Å². The number of aromatic nitrogens is 3. The number of rotatable bonds is 4. The van der Waals surface area contributed by atoms with Gasteiger partial charge in [-0.2, -0.15) is 0 Å². The van der Waals surface area contributed by atoms with Gasteiger partial charge in [-0.3, -0.25) is 24.3 Å². The number of aryl methyl sites for hydroxylation is 1. The minimum absolute atomic E-state index is 0.0127. The number of fused-ring (bicyclic) bond motifs is 2. The first-order chi connectivity index (χ1) is 16.0. The fourth-order valence-corrected chi connectivity index (χ4v) is 4.08. The molecule has 0 aliphatic heterocycles. The van der Waals surface area contributed by atoms with Gasteiger partial charge in [0.25, 0.3) is 11.2 Å². The van der Waals surface area contributed by atoms with Crippen LogP contribution in [0.25, 0.3) is 33.3 Å². The summed E-state index contributed by atoms with van der Waals surface area (Å²) in [6.45, 7) is 0.163. The number of nitro groups is 1. The number of hydrogen-bond donors (Lipinski definition) is 0. The van der Waals surface area contributed by atoms with Crippen molar-refractivity contribution in [3.05, 3.63) is 115 Å². The molecular formula is C25H18N4O4. The third kappa shape index (κ3) is 3.38. The molecule has 0 bridgehead atoms.